The van der Waals surface area contributed by atoms with Crippen LogP contribution in [0.3, 0.4) is 0 Å². The molecule has 0 fully saturated rings. The average Bonchev–Trinajstić information content (AvgIpc) is 3.04. The second kappa shape index (κ2) is 7.44. The molecule has 1 amide bonds. The summed E-state index contributed by atoms with van der Waals surface area (Å²) in [4.78, 5) is 12.5. The fourth-order valence-corrected chi connectivity index (χ4v) is 2.34. The summed E-state index contributed by atoms with van der Waals surface area (Å²) < 4.78 is 10.3. The van der Waals surface area contributed by atoms with Crippen molar-refractivity contribution in [3.8, 4) is 17.0 Å². The predicted octanol–water partition coefficient (Wildman–Crippen LogP) is 3.42. The van der Waals surface area contributed by atoms with Gasteiger partial charge in [0, 0.05) is 5.56 Å². The summed E-state index contributed by atoms with van der Waals surface area (Å²) in [5.74, 6) is 0.826. The highest BCUT2D eigenvalue weighted by Gasteiger charge is 2.21. The van der Waals surface area contributed by atoms with Crippen LogP contribution >= 0.6 is 0 Å². The maximum absolute atomic E-state index is 12.5. The molecule has 0 saturated heterocycles. The first-order chi connectivity index (χ1) is 12.2. The van der Waals surface area contributed by atoms with E-state index in [0.29, 0.717) is 17.0 Å². The number of carbonyl (C=O) groups is 1. The molecule has 1 aromatic heterocycles. The molecule has 126 valence electrons. The highest BCUT2D eigenvalue weighted by molar-refractivity contribution is 6.01. The van der Waals surface area contributed by atoms with E-state index in [4.69, 9.17) is 9.26 Å². The summed E-state index contributed by atoms with van der Waals surface area (Å²) in [5.41, 5.74) is 5.03. The maximum Gasteiger partial charge on any atom is 0.277 e. The van der Waals surface area contributed by atoms with Gasteiger partial charge in [-0.15, -0.1) is 0 Å². The van der Waals surface area contributed by atoms with Crippen molar-refractivity contribution in [2.45, 2.75) is 6.92 Å². The quantitative estimate of drug-likeness (QED) is 0.572. The van der Waals surface area contributed by atoms with Crippen molar-refractivity contribution in [2.24, 2.45) is 5.10 Å². The lowest BCUT2D eigenvalue weighted by atomic mass is 10.1. The number of rotatable bonds is 5. The molecule has 0 saturated carbocycles. The smallest absolute Gasteiger partial charge is 0.277 e. The molecule has 0 atom stereocenters. The van der Waals surface area contributed by atoms with Crippen LogP contribution in [0.25, 0.3) is 11.3 Å². The third kappa shape index (κ3) is 3.74. The van der Waals surface area contributed by atoms with Crippen molar-refractivity contribution < 1.29 is 14.1 Å². The van der Waals surface area contributed by atoms with Gasteiger partial charge in [0.1, 0.15) is 22.8 Å². The van der Waals surface area contributed by atoms with Gasteiger partial charge < -0.3 is 9.26 Å². The Labute approximate surface area is 145 Å². The summed E-state index contributed by atoms with van der Waals surface area (Å²) in [6, 6.07) is 16.7. The highest BCUT2D eigenvalue weighted by atomic mass is 16.5. The zero-order chi connectivity index (χ0) is 17.6. The molecule has 0 aliphatic carbocycles. The zero-order valence-electron chi connectivity index (χ0n) is 13.9. The van der Waals surface area contributed by atoms with E-state index in [1.54, 1.807) is 20.2 Å². The SMILES string of the molecule is COc1ccc(/C=N\NC(=O)c2c(-c3ccccc3)noc2C)cc1. The molecule has 1 N–H and O–H groups in total. The van der Waals surface area contributed by atoms with Gasteiger partial charge in [-0.2, -0.15) is 5.10 Å². The fraction of sp³-hybridized carbons (Fsp3) is 0.105. The minimum Gasteiger partial charge on any atom is -0.497 e. The van der Waals surface area contributed by atoms with Gasteiger partial charge in [-0.25, -0.2) is 5.43 Å². The first-order valence-corrected chi connectivity index (χ1v) is 7.68. The molecule has 3 rings (SSSR count). The number of nitrogens with zero attached hydrogens (tertiary/aromatic N) is 2. The molecule has 25 heavy (non-hydrogen) atoms. The number of hydrogen-bond donors (Lipinski definition) is 1. The van der Waals surface area contributed by atoms with Crippen LogP contribution in [0.5, 0.6) is 5.75 Å². The van der Waals surface area contributed by atoms with E-state index in [2.05, 4.69) is 15.7 Å². The number of hydrogen-bond acceptors (Lipinski definition) is 5. The molecule has 0 aliphatic heterocycles. The van der Waals surface area contributed by atoms with Gasteiger partial charge in [0.2, 0.25) is 0 Å². The maximum atomic E-state index is 12.5. The van der Waals surface area contributed by atoms with E-state index in [1.807, 2.05) is 54.6 Å². The Morgan fingerprint density at radius 1 is 1.16 bits per heavy atom. The van der Waals surface area contributed by atoms with Crippen LogP contribution in [0.1, 0.15) is 21.7 Å². The normalized spacial score (nSPS) is 10.8. The lowest BCUT2D eigenvalue weighted by Gasteiger charge is -2.02. The number of ether oxygens (including phenoxy) is 1. The second-order valence-electron chi connectivity index (χ2n) is 5.30. The largest absolute Gasteiger partial charge is 0.497 e. The Balaban J connectivity index is 1.75. The molecule has 6 heteroatoms. The average molecular weight is 335 g/mol. The van der Waals surface area contributed by atoms with Gasteiger partial charge in [0.05, 0.1) is 13.3 Å². The molecule has 0 bridgehead atoms. The van der Waals surface area contributed by atoms with Gasteiger partial charge in [-0.05, 0) is 36.8 Å². The van der Waals surface area contributed by atoms with E-state index >= 15 is 0 Å². The van der Waals surface area contributed by atoms with Crippen LogP contribution in [-0.2, 0) is 0 Å². The van der Waals surface area contributed by atoms with Crippen LogP contribution in [0.2, 0.25) is 0 Å². The van der Waals surface area contributed by atoms with Gasteiger partial charge in [0.15, 0.2) is 0 Å². The van der Waals surface area contributed by atoms with Crippen LogP contribution in [0, 0.1) is 6.92 Å². The van der Waals surface area contributed by atoms with Crippen molar-refractivity contribution in [3.05, 3.63) is 71.5 Å². The van der Waals surface area contributed by atoms with Gasteiger partial charge >= 0.3 is 0 Å². The standard InChI is InChI=1S/C19H17N3O3/c1-13-17(18(22-25-13)15-6-4-3-5-7-15)19(23)21-20-12-14-8-10-16(24-2)11-9-14/h3-12H,1-2H3,(H,21,23)/b20-12-. The number of aromatic nitrogens is 1. The van der Waals surface area contributed by atoms with E-state index in [-0.39, 0.29) is 5.91 Å². The molecule has 0 aliphatic rings. The molecular weight excluding hydrogens is 318 g/mol. The summed E-state index contributed by atoms with van der Waals surface area (Å²) in [7, 11) is 1.61. The minimum atomic E-state index is -0.373. The first kappa shape index (κ1) is 16.4. The number of nitrogens with one attached hydrogen (secondary N) is 1. The van der Waals surface area contributed by atoms with Crippen LogP contribution < -0.4 is 10.2 Å². The number of amides is 1. The summed E-state index contributed by atoms with van der Waals surface area (Å²) in [6.07, 6.45) is 1.56. The first-order valence-electron chi connectivity index (χ1n) is 7.68. The highest BCUT2D eigenvalue weighted by Crippen LogP contribution is 2.24. The molecule has 2 aromatic carbocycles. The van der Waals surface area contributed by atoms with Crippen LogP contribution in [-0.4, -0.2) is 24.4 Å². The molecule has 3 aromatic rings. The van der Waals surface area contributed by atoms with E-state index in [1.165, 1.54) is 0 Å². The van der Waals surface area contributed by atoms with Crippen molar-refractivity contribution in [1.82, 2.24) is 10.6 Å². The Bertz CT molecular complexity index is 884. The molecule has 1 heterocycles. The van der Waals surface area contributed by atoms with Gasteiger partial charge in [0.25, 0.3) is 5.91 Å². The summed E-state index contributed by atoms with van der Waals surface area (Å²) >= 11 is 0. The third-order valence-electron chi connectivity index (χ3n) is 3.63. The number of methoxy groups -OCH3 is 1. The topological polar surface area (TPSA) is 76.7 Å². The van der Waals surface area contributed by atoms with Gasteiger partial charge in [-0.3, -0.25) is 4.79 Å². The van der Waals surface area contributed by atoms with E-state index in [0.717, 1.165) is 16.9 Å². The molecule has 0 radical (unpaired) electrons. The molecule has 6 nitrogen and oxygen atoms in total. The Hall–Kier alpha value is -3.41. The fourth-order valence-electron chi connectivity index (χ4n) is 2.34. The number of benzene rings is 2. The van der Waals surface area contributed by atoms with Crippen molar-refractivity contribution in [1.29, 1.82) is 0 Å². The lowest BCUT2D eigenvalue weighted by Crippen LogP contribution is -2.18. The van der Waals surface area contributed by atoms with Gasteiger partial charge in [-0.1, -0.05) is 35.5 Å². The minimum absolute atomic E-state index is 0.373. The lowest BCUT2D eigenvalue weighted by molar-refractivity contribution is 0.0954. The Morgan fingerprint density at radius 3 is 2.56 bits per heavy atom. The van der Waals surface area contributed by atoms with Crippen LogP contribution in [0.4, 0.5) is 0 Å². The van der Waals surface area contributed by atoms with E-state index < -0.39 is 0 Å². The van der Waals surface area contributed by atoms with E-state index in [9.17, 15) is 4.79 Å². The van der Waals surface area contributed by atoms with Crippen molar-refractivity contribution in [3.63, 3.8) is 0 Å². The summed E-state index contributed by atoms with van der Waals surface area (Å²) in [5, 5.41) is 7.98. The number of aryl methyl sites for hydroxylation is 1. The zero-order valence-corrected chi connectivity index (χ0v) is 13.9. The number of hydrazone groups is 1. The third-order valence-corrected chi connectivity index (χ3v) is 3.63. The molecule has 0 unspecified atom stereocenters. The van der Waals surface area contributed by atoms with Crippen LogP contribution in [0.15, 0.2) is 64.2 Å². The van der Waals surface area contributed by atoms with Crippen molar-refractivity contribution >= 4 is 12.1 Å². The molecule has 0 spiro atoms. The number of carbonyl (C=O) groups excluding carboxylic acids is 1. The van der Waals surface area contributed by atoms with Crippen molar-refractivity contribution in [2.75, 3.05) is 7.11 Å². The second-order valence-corrected chi connectivity index (χ2v) is 5.30. The predicted molar refractivity (Wildman–Crippen MR) is 94.7 cm³/mol. The monoisotopic (exact) mass is 335 g/mol. The Morgan fingerprint density at radius 2 is 1.88 bits per heavy atom. The molecular formula is C19H17N3O3. The Kier molecular flexibility index (Phi) is 4.89. The summed E-state index contributed by atoms with van der Waals surface area (Å²) in [6.45, 7) is 1.70.